The number of benzene rings is 1. The number of anilines is 2. The van der Waals surface area contributed by atoms with E-state index in [0.717, 1.165) is 5.69 Å². The van der Waals surface area contributed by atoms with Gasteiger partial charge in [-0.15, -0.1) is 0 Å². The molecule has 1 aliphatic rings. The van der Waals surface area contributed by atoms with Gasteiger partial charge in [0.2, 0.25) is 5.95 Å². The summed E-state index contributed by atoms with van der Waals surface area (Å²) in [6, 6.07) is 9.54. The molecule has 0 aliphatic heterocycles. The van der Waals surface area contributed by atoms with E-state index in [1.54, 1.807) is 0 Å². The molecule has 1 amide bonds. The molecular formula is C18H20N4O3. The molecule has 3 N–H and O–H groups in total. The predicted molar refractivity (Wildman–Crippen MR) is 92.6 cm³/mol. The van der Waals surface area contributed by atoms with E-state index in [4.69, 9.17) is 5.11 Å². The van der Waals surface area contributed by atoms with Gasteiger partial charge in [0.05, 0.1) is 11.5 Å². The molecule has 0 spiro atoms. The number of hydrogen-bond acceptors (Lipinski definition) is 5. The standard InChI is InChI=1S/C18H20N4O3/c23-16(21-15-8-6-12(7-9-15)17(24)25)13-10-19-18(20-11-13)22-14-4-2-1-3-5-14/h1-5,10-12,15H,6-9H2,(H,21,23)(H,24,25)(H,19,20,22). The summed E-state index contributed by atoms with van der Waals surface area (Å²) >= 11 is 0. The molecule has 0 saturated heterocycles. The van der Waals surface area contributed by atoms with Gasteiger partial charge in [-0.3, -0.25) is 9.59 Å². The second-order valence-electron chi connectivity index (χ2n) is 6.15. The molecule has 3 rings (SSSR count). The normalized spacial score (nSPS) is 19.8. The Bertz CT molecular complexity index is 726. The highest BCUT2D eigenvalue weighted by atomic mass is 16.4. The van der Waals surface area contributed by atoms with E-state index in [-0.39, 0.29) is 17.9 Å². The number of carboxylic acid groups (broad SMARTS) is 1. The number of carbonyl (C=O) groups is 2. The molecule has 1 aromatic heterocycles. The molecule has 7 nitrogen and oxygen atoms in total. The maximum Gasteiger partial charge on any atom is 0.306 e. The molecule has 1 aliphatic carbocycles. The van der Waals surface area contributed by atoms with E-state index < -0.39 is 5.97 Å². The lowest BCUT2D eigenvalue weighted by Gasteiger charge is -2.26. The van der Waals surface area contributed by atoms with Crippen molar-refractivity contribution in [1.29, 1.82) is 0 Å². The Balaban J connectivity index is 1.53. The largest absolute Gasteiger partial charge is 0.481 e. The van der Waals surface area contributed by atoms with Crippen LogP contribution in [-0.2, 0) is 4.79 Å². The first-order valence-corrected chi connectivity index (χ1v) is 8.29. The van der Waals surface area contributed by atoms with Crippen molar-refractivity contribution in [3.8, 4) is 0 Å². The maximum absolute atomic E-state index is 12.3. The minimum Gasteiger partial charge on any atom is -0.481 e. The Hall–Kier alpha value is -2.96. The number of carbonyl (C=O) groups excluding carboxylic acids is 1. The van der Waals surface area contributed by atoms with Gasteiger partial charge in [0.25, 0.3) is 5.91 Å². The molecule has 130 valence electrons. The van der Waals surface area contributed by atoms with Crippen LogP contribution < -0.4 is 10.6 Å². The van der Waals surface area contributed by atoms with Gasteiger partial charge >= 0.3 is 5.97 Å². The SMILES string of the molecule is O=C(NC1CCC(C(=O)O)CC1)c1cnc(Nc2ccccc2)nc1. The average molecular weight is 340 g/mol. The van der Waals surface area contributed by atoms with Crippen LogP contribution in [0, 0.1) is 5.92 Å². The number of rotatable bonds is 5. The van der Waals surface area contributed by atoms with E-state index >= 15 is 0 Å². The van der Waals surface area contributed by atoms with Crippen LogP contribution in [0.5, 0.6) is 0 Å². The number of aromatic nitrogens is 2. The van der Waals surface area contributed by atoms with Crippen LogP contribution in [0.25, 0.3) is 0 Å². The van der Waals surface area contributed by atoms with E-state index in [9.17, 15) is 9.59 Å². The van der Waals surface area contributed by atoms with E-state index in [1.807, 2.05) is 30.3 Å². The number of hydrogen-bond donors (Lipinski definition) is 3. The molecule has 7 heteroatoms. The van der Waals surface area contributed by atoms with Crippen LogP contribution >= 0.6 is 0 Å². The van der Waals surface area contributed by atoms with Crippen molar-refractivity contribution < 1.29 is 14.7 Å². The number of nitrogens with zero attached hydrogens (tertiary/aromatic N) is 2. The third kappa shape index (κ3) is 4.53. The molecule has 0 unspecified atom stereocenters. The topological polar surface area (TPSA) is 104 Å². The minimum absolute atomic E-state index is 0.00483. The van der Waals surface area contributed by atoms with Crippen LogP contribution in [-0.4, -0.2) is 33.0 Å². The van der Waals surface area contributed by atoms with Crippen molar-refractivity contribution in [3.63, 3.8) is 0 Å². The lowest BCUT2D eigenvalue weighted by molar-refractivity contribution is -0.142. The predicted octanol–water partition coefficient (Wildman–Crippen LogP) is 2.59. The highest BCUT2D eigenvalue weighted by molar-refractivity contribution is 5.93. The number of nitrogens with one attached hydrogen (secondary N) is 2. The van der Waals surface area contributed by atoms with Crippen LogP contribution in [0.2, 0.25) is 0 Å². The maximum atomic E-state index is 12.3. The second kappa shape index (κ2) is 7.74. The van der Waals surface area contributed by atoms with Gasteiger partial charge in [0, 0.05) is 24.1 Å². The number of para-hydroxylation sites is 1. The summed E-state index contributed by atoms with van der Waals surface area (Å²) in [5, 5.41) is 15.0. The quantitative estimate of drug-likeness (QED) is 0.773. The zero-order valence-corrected chi connectivity index (χ0v) is 13.7. The summed E-state index contributed by atoms with van der Waals surface area (Å²) in [6.45, 7) is 0. The van der Waals surface area contributed by atoms with Crippen molar-refractivity contribution in [2.75, 3.05) is 5.32 Å². The summed E-state index contributed by atoms with van der Waals surface area (Å²) in [7, 11) is 0. The van der Waals surface area contributed by atoms with Gasteiger partial charge in [-0.05, 0) is 37.8 Å². The van der Waals surface area contributed by atoms with Gasteiger partial charge < -0.3 is 15.7 Å². The van der Waals surface area contributed by atoms with E-state index in [0.29, 0.717) is 37.2 Å². The Labute approximate surface area is 145 Å². The Morgan fingerprint density at radius 2 is 1.64 bits per heavy atom. The Kier molecular flexibility index (Phi) is 5.23. The average Bonchev–Trinajstić information content (AvgIpc) is 2.63. The molecule has 0 radical (unpaired) electrons. The summed E-state index contributed by atoms with van der Waals surface area (Å²) in [5.74, 6) is -0.853. The third-order valence-electron chi connectivity index (χ3n) is 4.36. The number of amides is 1. The highest BCUT2D eigenvalue weighted by Gasteiger charge is 2.26. The molecule has 1 saturated carbocycles. The third-order valence-corrected chi connectivity index (χ3v) is 4.36. The number of aliphatic carboxylic acids is 1. The van der Waals surface area contributed by atoms with Gasteiger partial charge in [-0.25, -0.2) is 9.97 Å². The fourth-order valence-corrected chi connectivity index (χ4v) is 2.91. The molecular weight excluding hydrogens is 320 g/mol. The van der Waals surface area contributed by atoms with Crippen molar-refractivity contribution in [2.24, 2.45) is 5.92 Å². The summed E-state index contributed by atoms with van der Waals surface area (Å²) < 4.78 is 0. The second-order valence-corrected chi connectivity index (χ2v) is 6.15. The summed E-state index contributed by atoms with van der Waals surface area (Å²) in [4.78, 5) is 31.6. The molecule has 1 fully saturated rings. The lowest BCUT2D eigenvalue weighted by atomic mass is 9.86. The zero-order chi connectivity index (χ0) is 17.6. The molecule has 1 heterocycles. The lowest BCUT2D eigenvalue weighted by Crippen LogP contribution is -2.38. The summed E-state index contributed by atoms with van der Waals surface area (Å²) in [6.07, 6.45) is 5.51. The van der Waals surface area contributed by atoms with Crippen molar-refractivity contribution in [3.05, 3.63) is 48.3 Å². The molecule has 25 heavy (non-hydrogen) atoms. The van der Waals surface area contributed by atoms with Crippen LogP contribution in [0.1, 0.15) is 36.0 Å². The molecule has 0 atom stereocenters. The van der Waals surface area contributed by atoms with Crippen molar-refractivity contribution >= 4 is 23.5 Å². The van der Waals surface area contributed by atoms with Gasteiger partial charge in [-0.1, -0.05) is 18.2 Å². The van der Waals surface area contributed by atoms with E-state index in [2.05, 4.69) is 20.6 Å². The first-order chi connectivity index (χ1) is 12.1. The Morgan fingerprint density at radius 1 is 1.00 bits per heavy atom. The van der Waals surface area contributed by atoms with Crippen LogP contribution in [0.15, 0.2) is 42.7 Å². The Morgan fingerprint density at radius 3 is 2.24 bits per heavy atom. The first-order valence-electron chi connectivity index (χ1n) is 8.29. The summed E-state index contributed by atoms with van der Waals surface area (Å²) in [5.41, 5.74) is 1.26. The monoisotopic (exact) mass is 340 g/mol. The fourth-order valence-electron chi connectivity index (χ4n) is 2.91. The van der Waals surface area contributed by atoms with E-state index in [1.165, 1.54) is 12.4 Å². The van der Waals surface area contributed by atoms with Gasteiger partial charge in [-0.2, -0.15) is 0 Å². The minimum atomic E-state index is -0.750. The highest BCUT2D eigenvalue weighted by Crippen LogP contribution is 2.24. The fraction of sp³-hybridized carbons (Fsp3) is 0.333. The smallest absolute Gasteiger partial charge is 0.306 e. The van der Waals surface area contributed by atoms with Gasteiger partial charge in [0.15, 0.2) is 0 Å². The molecule has 1 aromatic carbocycles. The van der Waals surface area contributed by atoms with Crippen molar-refractivity contribution in [1.82, 2.24) is 15.3 Å². The molecule has 0 bridgehead atoms. The number of carboxylic acids is 1. The first kappa shape index (κ1) is 16.9. The zero-order valence-electron chi connectivity index (χ0n) is 13.7. The van der Waals surface area contributed by atoms with Crippen molar-refractivity contribution in [2.45, 2.75) is 31.7 Å². The van der Waals surface area contributed by atoms with Crippen LogP contribution in [0.3, 0.4) is 0 Å². The molecule has 2 aromatic rings. The van der Waals surface area contributed by atoms with Crippen LogP contribution in [0.4, 0.5) is 11.6 Å². The van der Waals surface area contributed by atoms with Gasteiger partial charge in [0.1, 0.15) is 0 Å².